The quantitative estimate of drug-likeness (QED) is 0.566. The number of hydrogen-bond acceptors (Lipinski definition) is 6. The van der Waals surface area contributed by atoms with E-state index in [9.17, 15) is 15.0 Å². The standard InChI is InChI=1S/C12H10O6/c13-9-4-7(5-10(14)11(9)15)12(16)18-6-8-2-1-3-17-8/h1-5,13-15H,6H2. The van der Waals surface area contributed by atoms with Gasteiger partial charge in [-0.3, -0.25) is 0 Å². The van der Waals surface area contributed by atoms with Gasteiger partial charge in [-0.05, 0) is 24.3 Å². The molecule has 0 bridgehead atoms. The summed E-state index contributed by atoms with van der Waals surface area (Å²) in [5, 5.41) is 27.6. The van der Waals surface area contributed by atoms with E-state index in [-0.39, 0.29) is 12.2 Å². The molecule has 0 saturated heterocycles. The van der Waals surface area contributed by atoms with Crippen molar-refractivity contribution in [2.45, 2.75) is 6.61 Å². The summed E-state index contributed by atoms with van der Waals surface area (Å²) in [6.07, 6.45) is 1.45. The molecule has 1 heterocycles. The maximum absolute atomic E-state index is 11.6. The van der Waals surface area contributed by atoms with Crippen LogP contribution >= 0.6 is 0 Å². The number of hydrogen-bond donors (Lipinski definition) is 3. The first kappa shape index (κ1) is 11.8. The van der Waals surface area contributed by atoms with Gasteiger partial charge in [-0.25, -0.2) is 4.79 Å². The zero-order chi connectivity index (χ0) is 13.1. The normalized spacial score (nSPS) is 10.2. The molecular formula is C12H10O6. The number of phenolic OH excluding ortho intramolecular Hbond substituents is 3. The van der Waals surface area contributed by atoms with E-state index in [1.165, 1.54) is 6.26 Å². The van der Waals surface area contributed by atoms with Crippen LogP contribution in [0.15, 0.2) is 34.9 Å². The summed E-state index contributed by atoms with van der Waals surface area (Å²) in [6, 6.07) is 5.29. The lowest BCUT2D eigenvalue weighted by Gasteiger charge is -2.05. The van der Waals surface area contributed by atoms with E-state index in [2.05, 4.69) is 0 Å². The number of aromatic hydroxyl groups is 3. The van der Waals surface area contributed by atoms with Gasteiger partial charge in [0.05, 0.1) is 11.8 Å². The van der Waals surface area contributed by atoms with Crippen molar-refractivity contribution in [3.63, 3.8) is 0 Å². The highest BCUT2D eigenvalue weighted by molar-refractivity contribution is 5.91. The Labute approximate surface area is 102 Å². The number of esters is 1. The van der Waals surface area contributed by atoms with E-state index < -0.39 is 23.2 Å². The van der Waals surface area contributed by atoms with Gasteiger partial charge >= 0.3 is 5.97 Å². The number of carbonyl (C=O) groups is 1. The van der Waals surface area contributed by atoms with Crippen molar-refractivity contribution in [1.29, 1.82) is 0 Å². The largest absolute Gasteiger partial charge is 0.504 e. The lowest BCUT2D eigenvalue weighted by Crippen LogP contribution is -2.04. The summed E-state index contributed by atoms with van der Waals surface area (Å²) < 4.78 is 9.86. The number of furan rings is 1. The van der Waals surface area contributed by atoms with Crippen LogP contribution in [-0.4, -0.2) is 21.3 Å². The van der Waals surface area contributed by atoms with E-state index in [4.69, 9.17) is 14.3 Å². The number of carbonyl (C=O) groups excluding carboxylic acids is 1. The summed E-state index contributed by atoms with van der Waals surface area (Å²) in [5.41, 5.74) is -0.0747. The highest BCUT2D eigenvalue weighted by atomic mass is 16.5. The molecule has 6 heteroatoms. The van der Waals surface area contributed by atoms with Gasteiger partial charge in [-0.2, -0.15) is 0 Å². The predicted molar refractivity (Wildman–Crippen MR) is 59.3 cm³/mol. The molecule has 0 fully saturated rings. The third-order valence-electron chi connectivity index (χ3n) is 2.23. The fourth-order valence-electron chi connectivity index (χ4n) is 1.34. The molecule has 2 aromatic rings. The van der Waals surface area contributed by atoms with Gasteiger partial charge in [0.1, 0.15) is 12.4 Å². The molecule has 0 saturated carbocycles. The van der Waals surface area contributed by atoms with Crippen molar-refractivity contribution >= 4 is 5.97 Å². The van der Waals surface area contributed by atoms with Crippen LogP contribution in [0, 0.1) is 0 Å². The Bertz CT molecular complexity index is 535. The van der Waals surface area contributed by atoms with Crippen LogP contribution in [-0.2, 0) is 11.3 Å². The molecule has 6 nitrogen and oxygen atoms in total. The third kappa shape index (κ3) is 2.37. The van der Waals surface area contributed by atoms with Crippen molar-refractivity contribution in [1.82, 2.24) is 0 Å². The minimum atomic E-state index is -0.753. The van der Waals surface area contributed by atoms with Gasteiger partial charge in [-0.15, -0.1) is 0 Å². The molecule has 94 valence electrons. The van der Waals surface area contributed by atoms with Crippen LogP contribution in [0.1, 0.15) is 16.1 Å². The molecule has 1 aromatic heterocycles. The number of ether oxygens (including phenoxy) is 1. The molecule has 0 aliphatic rings. The predicted octanol–water partition coefficient (Wildman–Crippen LogP) is 1.75. The Morgan fingerprint density at radius 2 is 1.89 bits per heavy atom. The zero-order valence-electron chi connectivity index (χ0n) is 9.16. The molecule has 0 spiro atoms. The highest BCUT2D eigenvalue weighted by Gasteiger charge is 2.14. The molecule has 0 aliphatic heterocycles. The van der Waals surface area contributed by atoms with Crippen LogP contribution in [0.5, 0.6) is 17.2 Å². The zero-order valence-corrected chi connectivity index (χ0v) is 9.16. The van der Waals surface area contributed by atoms with Crippen molar-refractivity contribution in [3.05, 3.63) is 41.9 Å². The molecule has 18 heavy (non-hydrogen) atoms. The maximum atomic E-state index is 11.6. The highest BCUT2D eigenvalue weighted by Crippen LogP contribution is 2.35. The molecule has 0 amide bonds. The average molecular weight is 250 g/mol. The molecule has 1 aromatic carbocycles. The third-order valence-corrected chi connectivity index (χ3v) is 2.23. The Morgan fingerprint density at radius 1 is 1.22 bits per heavy atom. The average Bonchev–Trinajstić information content (AvgIpc) is 2.85. The van der Waals surface area contributed by atoms with Crippen LogP contribution in [0.25, 0.3) is 0 Å². The second kappa shape index (κ2) is 4.70. The van der Waals surface area contributed by atoms with E-state index in [0.717, 1.165) is 12.1 Å². The minimum Gasteiger partial charge on any atom is -0.504 e. The van der Waals surface area contributed by atoms with E-state index >= 15 is 0 Å². The van der Waals surface area contributed by atoms with E-state index in [1.54, 1.807) is 12.1 Å². The second-order valence-corrected chi connectivity index (χ2v) is 3.52. The molecule has 0 radical (unpaired) electrons. The van der Waals surface area contributed by atoms with Crippen LogP contribution in [0.2, 0.25) is 0 Å². The Morgan fingerprint density at radius 3 is 2.44 bits per heavy atom. The van der Waals surface area contributed by atoms with Crippen molar-refractivity contribution in [2.24, 2.45) is 0 Å². The smallest absolute Gasteiger partial charge is 0.338 e. The second-order valence-electron chi connectivity index (χ2n) is 3.52. The van der Waals surface area contributed by atoms with Crippen molar-refractivity contribution in [3.8, 4) is 17.2 Å². The number of phenols is 3. The Balaban J connectivity index is 2.09. The van der Waals surface area contributed by atoms with E-state index in [1.807, 2.05) is 0 Å². The first-order valence-electron chi connectivity index (χ1n) is 5.02. The number of rotatable bonds is 3. The molecule has 0 atom stereocenters. The maximum Gasteiger partial charge on any atom is 0.338 e. The Hall–Kier alpha value is -2.63. The van der Waals surface area contributed by atoms with Crippen LogP contribution in [0.3, 0.4) is 0 Å². The fraction of sp³-hybridized carbons (Fsp3) is 0.0833. The van der Waals surface area contributed by atoms with Gasteiger partial charge < -0.3 is 24.5 Å². The summed E-state index contributed by atoms with van der Waals surface area (Å²) in [4.78, 5) is 11.6. The molecule has 2 rings (SSSR count). The van der Waals surface area contributed by atoms with Gasteiger partial charge in [0.25, 0.3) is 0 Å². The van der Waals surface area contributed by atoms with Crippen molar-refractivity contribution in [2.75, 3.05) is 0 Å². The summed E-state index contributed by atoms with van der Waals surface area (Å²) in [7, 11) is 0. The molecule has 0 unspecified atom stereocenters. The first-order chi connectivity index (χ1) is 8.58. The summed E-state index contributed by atoms with van der Waals surface area (Å²) in [5.74, 6) is -2.16. The van der Waals surface area contributed by atoms with Crippen LogP contribution < -0.4 is 0 Å². The first-order valence-corrected chi connectivity index (χ1v) is 5.02. The summed E-state index contributed by atoms with van der Waals surface area (Å²) >= 11 is 0. The molecule has 3 N–H and O–H groups in total. The topological polar surface area (TPSA) is 100 Å². The monoisotopic (exact) mass is 250 g/mol. The Kier molecular flexibility index (Phi) is 3.09. The lowest BCUT2D eigenvalue weighted by molar-refractivity contribution is 0.0444. The van der Waals surface area contributed by atoms with Gasteiger partial charge in [0.2, 0.25) is 0 Å². The molecule has 0 aliphatic carbocycles. The minimum absolute atomic E-state index is 0.0613. The van der Waals surface area contributed by atoms with Crippen LogP contribution in [0.4, 0.5) is 0 Å². The SMILES string of the molecule is O=C(OCc1ccco1)c1cc(O)c(O)c(O)c1. The number of benzene rings is 1. The van der Waals surface area contributed by atoms with Gasteiger partial charge in [0, 0.05) is 0 Å². The summed E-state index contributed by atoms with van der Waals surface area (Å²) in [6.45, 7) is -0.0613. The molecular weight excluding hydrogens is 240 g/mol. The fourth-order valence-corrected chi connectivity index (χ4v) is 1.34. The van der Waals surface area contributed by atoms with Gasteiger partial charge in [0.15, 0.2) is 17.2 Å². The van der Waals surface area contributed by atoms with E-state index in [0.29, 0.717) is 5.76 Å². The van der Waals surface area contributed by atoms with Crippen molar-refractivity contribution < 1.29 is 29.3 Å². The lowest BCUT2D eigenvalue weighted by atomic mass is 10.2. The van der Waals surface area contributed by atoms with Gasteiger partial charge in [-0.1, -0.05) is 0 Å².